The summed E-state index contributed by atoms with van der Waals surface area (Å²) in [6.07, 6.45) is -1.30. The second-order valence-electron chi connectivity index (χ2n) is 2.82. The van der Waals surface area contributed by atoms with Crippen LogP contribution in [0.1, 0.15) is 13.8 Å². The normalized spacial score (nSPS) is 12.7. The van der Waals surface area contributed by atoms with Crippen molar-refractivity contribution in [1.29, 1.82) is 0 Å². The van der Waals surface area contributed by atoms with Crippen LogP contribution in [-0.4, -0.2) is 29.6 Å². The first-order valence-electron chi connectivity index (χ1n) is 3.70. The molecule has 4 N–H and O–H groups in total. The first kappa shape index (κ1) is 10.9. The van der Waals surface area contributed by atoms with Crippen molar-refractivity contribution in [2.75, 3.05) is 6.54 Å². The topological polar surface area (TPSA) is 92.4 Å². The van der Waals surface area contributed by atoms with E-state index in [-0.39, 0.29) is 18.4 Å². The summed E-state index contributed by atoms with van der Waals surface area (Å²) in [6, 6.07) is 0. The summed E-state index contributed by atoms with van der Waals surface area (Å²) in [6.45, 7) is 3.31. The monoisotopic (exact) mass is 174 g/mol. The number of carbonyl (C=O) groups excluding carboxylic acids is 2. The predicted octanol–water partition coefficient (Wildman–Crippen LogP) is -1.40. The second kappa shape index (κ2) is 4.71. The zero-order valence-electron chi connectivity index (χ0n) is 7.20. The molecule has 0 bridgehead atoms. The molecule has 2 amide bonds. The Morgan fingerprint density at radius 2 is 2.00 bits per heavy atom. The Balaban J connectivity index is 3.69. The van der Waals surface area contributed by atoms with Crippen LogP contribution in [0.2, 0.25) is 0 Å². The van der Waals surface area contributed by atoms with Crippen molar-refractivity contribution in [2.45, 2.75) is 20.0 Å². The zero-order chi connectivity index (χ0) is 9.72. The molecule has 1 unspecified atom stereocenters. The van der Waals surface area contributed by atoms with Crippen LogP contribution in [0.4, 0.5) is 0 Å². The standard InChI is InChI=1S/C7H14N2O3/c1-4(2)7(12)9-3-5(10)6(8)11/h4-5,10H,3H2,1-2H3,(H2,8,11)(H,9,12). The summed E-state index contributed by atoms with van der Waals surface area (Å²) in [5.41, 5.74) is 4.76. The van der Waals surface area contributed by atoms with Gasteiger partial charge in [0.05, 0.1) is 6.54 Å². The quantitative estimate of drug-likeness (QED) is 0.489. The van der Waals surface area contributed by atoms with Crippen molar-refractivity contribution in [3.8, 4) is 0 Å². The summed E-state index contributed by atoms with van der Waals surface area (Å²) in [4.78, 5) is 21.2. The van der Waals surface area contributed by atoms with Gasteiger partial charge < -0.3 is 16.2 Å². The van der Waals surface area contributed by atoms with Crippen molar-refractivity contribution in [3.63, 3.8) is 0 Å². The molecule has 0 aliphatic heterocycles. The van der Waals surface area contributed by atoms with Gasteiger partial charge in [0.2, 0.25) is 11.8 Å². The van der Waals surface area contributed by atoms with Crippen LogP contribution < -0.4 is 11.1 Å². The minimum absolute atomic E-state index is 0.119. The molecule has 0 radical (unpaired) electrons. The Labute approximate surface area is 70.9 Å². The number of rotatable bonds is 4. The maximum atomic E-state index is 10.9. The minimum Gasteiger partial charge on any atom is -0.381 e. The van der Waals surface area contributed by atoms with Crippen LogP contribution in [0.15, 0.2) is 0 Å². The molecule has 12 heavy (non-hydrogen) atoms. The highest BCUT2D eigenvalue weighted by molar-refractivity contribution is 5.81. The predicted molar refractivity (Wildman–Crippen MR) is 43.0 cm³/mol. The average molecular weight is 174 g/mol. The van der Waals surface area contributed by atoms with E-state index in [1.54, 1.807) is 13.8 Å². The van der Waals surface area contributed by atoms with Gasteiger partial charge in [0.25, 0.3) is 0 Å². The molecule has 0 aromatic carbocycles. The molecule has 0 aliphatic carbocycles. The van der Waals surface area contributed by atoms with Gasteiger partial charge in [0.15, 0.2) is 0 Å². The van der Waals surface area contributed by atoms with Crippen molar-refractivity contribution >= 4 is 11.8 Å². The lowest BCUT2D eigenvalue weighted by atomic mass is 10.2. The van der Waals surface area contributed by atoms with E-state index in [9.17, 15) is 9.59 Å². The average Bonchev–Trinajstić information content (AvgIpc) is 1.98. The summed E-state index contributed by atoms with van der Waals surface area (Å²) in [7, 11) is 0. The summed E-state index contributed by atoms with van der Waals surface area (Å²) >= 11 is 0. The molecule has 5 nitrogen and oxygen atoms in total. The molecular weight excluding hydrogens is 160 g/mol. The number of aliphatic hydroxyl groups excluding tert-OH is 1. The van der Waals surface area contributed by atoms with Crippen molar-refractivity contribution in [3.05, 3.63) is 0 Å². The molecule has 0 aromatic rings. The van der Waals surface area contributed by atoms with E-state index in [4.69, 9.17) is 10.8 Å². The lowest BCUT2D eigenvalue weighted by molar-refractivity contribution is -0.127. The molecule has 0 saturated heterocycles. The fraction of sp³-hybridized carbons (Fsp3) is 0.714. The number of primary amides is 1. The number of amides is 2. The third-order valence-electron chi connectivity index (χ3n) is 1.32. The lowest BCUT2D eigenvalue weighted by Gasteiger charge is -2.09. The first-order chi connectivity index (χ1) is 5.45. The molecule has 1 atom stereocenters. The third kappa shape index (κ3) is 3.92. The minimum atomic E-state index is -1.30. The number of hydrogen-bond acceptors (Lipinski definition) is 3. The Bertz CT molecular complexity index is 179. The van der Waals surface area contributed by atoms with Crippen molar-refractivity contribution in [2.24, 2.45) is 11.7 Å². The Hall–Kier alpha value is -1.10. The van der Waals surface area contributed by atoms with E-state index in [0.29, 0.717) is 0 Å². The fourth-order valence-corrected chi connectivity index (χ4v) is 0.502. The SMILES string of the molecule is CC(C)C(=O)NCC(O)C(N)=O. The van der Waals surface area contributed by atoms with Gasteiger partial charge in [-0.15, -0.1) is 0 Å². The van der Waals surface area contributed by atoms with E-state index in [1.807, 2.05) is 0 Å². The molecule has 0 spiro atoms. The van der Waals surface area contributed by atoms with Gasteiger partial charge in [-0.1, -0.05) is 13.8 Å². The number of carbonyl (C=O) groups is 2. The lowest BCUT2D eigenvalue weighted by Crippen LogP contribution is -2.41. The summed E-state index contributed by atoms with van der Waals surface area (Å²) in [5, 5.41) is 11.2. The second-order valence-corrected chi connectivity index (χ2v) is 2.82. The van der Waals surface area contributed by atoms with Gasteiger partial charge in [-0.05, 0) is 0 Å². The van der Waals surface area contributed by atoms with Crippen LogP contribution >= 0.6 is 0 Å². The summed E-state index contributed by atoms with van der Waals surface area (Å²) < 4.78 is 0. The molecule has 0 rings (SSSR count). The largest absolute Gasteiger partial charge is 0.381 e. The van der Waals surface area contributed by atoms with E-state index >= 15 is 0 Å². The number of hydrogen-bond donors (Lipinski definition) is 3. The number of nitrogens with one attached hydrogen (secondary N) is 1. The molecular formula is C7H14N2O3. The van der Waals surface area contributed by atoms with Crippen LogP contribution in [0.25, 0.3) is 0 Å². The highest BCUT2D eigenvalue weighted by Gasteiger charge is 2.13. The molecule has 0 heterocycles. The highest BCUT2D eigenvalue weighted by atomic mass is 16.3. The van der Waals surface area contributed by atoms with E-state index in [0.717, 1.165) is 0 Å². The van der Waals surface area contributed by atoms with Crippen LogP contribution in [0.3, 0.4) is 0 Å². The van der Waals surface area contributed by atoms with Crippen LogP contribution in [-0.2, 0) is 9.59 Å². The molecule has 0 aliphatic rings. The smallest absolute Gasteiger partial charge is 0.248 e. The third-order valence-corrected chi connectivity index (χ3v) is 1.32. The van der Waals surface area contributed by atoms with Gasteiger partial charge in [-0.25, -0.2) is 0 Å². The van der Waals surface area contributed by atoms with E-state index in [1.165, 1.54) is 0 Å². The molecule has 70 valence electrons. The van der Waals surface area contributed by atoms with E-state index < -0.39 is 12.0 Å². The van der Waals surface area contributed by atoms with Gasteiger partial charge in [-0.2, -0.15) is 0 Å². The van der Waals surface area contributed by atoms with Crippen molar-refractivity contribution < 1.29 is 14.7 Å². The van der Waals surface area contributed by atoms with Crippen LogP contribution in [0.5, 0.6) is 0 Å². The van der Waals surface area contributed by atoms with Crippen LogP contribution in [0, 0.1) is 5.92 Å². The zero-order valence-corrected chi connectivity index (χ0v) is 7.20. The Kier molecular flexibility index (Phi) is 4.28. The molecule has 0 aromatic heterocycles. The van der Waals surface area contributed by atoms with Gasteiger partial charge in [-0.3, -0.25) is 9.59 Å². The molecule has 0 saturated carbocycles. The molecule has 0 fully saturated rings. The Morgan fingerprint density at radius 3 is 2.33 bits per heavy atom. The van der Waals surface area contributed by atoms with Gasteiger partial charge in [0, 0.05) is 5.92 Å². The maximum Gasteiger partial charge on any atom is 0.248 e. The fourth-order valence-electron chi connectivity index (χ4n) is 0.502. The first-order valence-corrected chi connectivity index (χ1v) is 3.70. The Morgan fingerprint density at radius 1 is 1.50 bits per heavy atom. The maximum absolute atomic E-state index is 10.9. The summed E-state index contributed by atoms with van der Waals surface area (Å²) in [5.74, 6) is -1.21. The number of nitrogens with two attached hydrogens (primary N) is 1. The van der Waals surface area contributed by atoms with E-state index in [2.05, 4.69) is 5.32 Å². The number of aliphatic hydroxyl groups is 1. The molecule has 5 heteroatoms. The highest BCUT2D eigenvalue weighted by Crippen LogP contribution is 1.90. The van der Waals surface area contributed by atoms with Gasteiger partial charge in [0.1, 0.15) is 6.10 Å². The van der Waals surface area contributed by atoms with Crippen molar-refractivity contribution in [1.82, 2.24) is 5.32 Å². The van der Waals surface area contributed by atoms with Gasteiger partial charge >= 0.3 is 0 Å².